The Kier molecular flexibility index (Phi) is 16.1. The van der Waals surface area contributed by atoms with Crippen molar-refractivity contribution in [1.82, 2.24) is 0 Å². The van der Waals surface area contributed by atoms with E-state index in [1.54, 1.807) is 20.8 Å². The van der Waals surface area contributed by atoms with Crippen molar-refractivity contribution in [2.45, 2.75) is 40.0 Å². The van der Waals surface area contributed by atoms with E-state index in [1.807, 2.05) is 0 Å². The molecule has 1 atom stereocenters. The third-order valence-corrected chi connectivity index (χ3v) is 2.83. The zero-order chi connectivity index (χ0) is 11.4. The summed E-state index contributed by atoms with van der Waals surface area (Å²) in [5, 5.41) is 21.8. The SMILES string of the molecule is CCCC(C(=O)[O-])(C(=O)[O-])C(C)CC.[K+].[K+]. The van der Waals surface area contributed by atoms with Crippen molar-refractivity contribution >= 4 is 11.9 Å². The minimum absolute atomic E-state index is 0. The Morgan fingerprint density at radius 1 is 1.12 bits per heavy atom. The Morgan fingerprint density at radius 2 is 1.50 bits per heavy atom. The minimum Gasteiger partial charge on any atom is -0.549 e. The van der Waals surface area contributed by atoms with Gasteiger partial charge in [0.25, 0.3) is 0 Å². The molecule has 0 aromatic rings. The summed E-state index contributed by atoms with van der Waals surface area (Å²) in [6, 6.07) is 0. The van der Waals surface area contributed by atoms with E-state index >= 15 is 0 Å². The van der Waals surface area contributed by atoms with Gasteiger partial charge in [0.15, 0.2) is 0 Å². The molecular formula is C10H16K2O4. The van der Waals surface area contributed by atoms with Crippen LogP contribution in [-0.4, -0.2) is 11.9 Å². The van der Waals surface area contributed by atoms with E-state index in [0.717, 1.165) is 0 Å². The summed E-state index contributed by atoms with van der Waals surface area (Å²) in [5.74, 6) is -3.54. The van der Waals surface area contributed by atoms with Gasteiger partial charge in [-0.2, -0.15) is 0 Å². The van der Waals surface area contributed by atoms with Gasteiger partial charge >= 0.3 is 103 Å². The van der Waals surface area contributed by atoms with Crippen LogP contribution in [0.2, 0.25) is 0 Å². The fourth-order valence-corrected chi connectivity index (χ4v) is 1.68. The fraction of sp³-hybridized carbons (Fsp3) is 0.800. The smallest absolute Gasteiger partial charge is 0.549 e. The van der Waals surface area contributed by atoms with Crippen LogP contribution in [-0.2, 0) is 9.59 Å². The third-order valence-electron chi connectivity index (χ3n) is 2.83. The summed E-state index contributed by atoms with van der Waals surface area (Å²) in [6.45, 7) is 5.09. The molecule has 0 bridgehead atoms. The van der Waals surface area contributed by atoms with Crippen LogP contribution in [0, 0.1) is 11.3 Å². The van der Waals surface area contributed by atoms with Crippen LogP contribution in [0.3, 0.4) is 0 Å². The molecule has 0 radical (unpaired) electrons. The van der Waals surface area contributed by atoms with Crippen LogP contribution < -0.4 is 113 Å². The molecule has 4 nitrogen and oxygen atoms in total. The van der Waals surface area contributed by atoms with E-state index in [-0.39, 0.29) is 109 Å². The zero-order valence-electron chi connectivity index (χ0n) is 10.8. The van der Waals surface area contributed by atoms with E-state index < -0.39 is 23.3 Å². The molecule has 1 unspecified atom stereocenters. The maximum Gasteiger partial charge on any atom is 1.00 e. The van der Waals surface area contributed by atoms with Gasteiger partial charge < -0.3 is 19.8 Å². The second-order valence-electron chi connectivity index (χ2n) is 3.61. The first-order valence-corrected chi connectivity index (χ1v) is 4.86. The molecule has 0 spiro atoms. The Hall–Kier alpha value is 2.21. The predicted octanol–water partition coefficient (Wildman–Crippen LogP) is -6.67. The molecule has 16 heavy (non-hydrogen) atoms. The molecule has 0 rings (SSSR count). The fourth-order valence-electron chi connectivity index (χ4n) is 1.68. The molecule has 0 N–H and O–H groups in total. The van der Waals surface area contributed by atoms with Gasteiger partial charge in [0, 0.05) is 0 Å². The van der Waals surface area contributed by atoms with Crippen LogP contribution in [0.5, 0.6) is 0 Å². The maximum absolute atomic E-state index is 10.9. The zero-order valence-corrected chi connectivity index (χ0v) is 17.1. The summed E-state index contributed by atoms with van der Waals surface area (Å²) in [6.07, 6.45) is 1.01. The summed E-state index contributed by atoms with van der Waals surface area (Å²) >= 11 is 0. The van der Waals surface area contributed by atoms with Gasteiger partial charge in [0.05, 0.1) is 17.4 Å². The van der Waals surface area contributed by atoms with Gasteiger partial charge in [-0.05, 0) is 12.3 Å². The Bertz CT molecular complexity index is 217. The summed E-state index contributed by atoms with van der Waals surface area (Å²) in [5.41, 5.74) is -1.83. The van der Waals surface area contributed by atoms with Gasteiger partial charge in [-0.1, -0.05) is 33.6 Å². The molecule has 0 fully saturated rings. The molecule has 0 saturated carbocycles. The van der Waals surface area contributed by atoms with Crippen LogP contribution in [0.15, 0.2) is 0 Å². The number of carboxylic acid groups (broad SMARTS) is 2. The molecule has 0 aromatic heterocycles. The maximum atomic E-state index is 10.9. The quantitative estimate of drug-likeness (QED) is 0.357. The van der Waals surface area contributed by atoms with Gasteiger partial charge in [0.1, 0.15) is 0 Å². The number of carbonyl (C=O) groups excluding carboxylic acids is 2. The van der Waals surface area contributed by atoms with E-state index in [2.05, 4.69) is 0 Å². The van der Waals surface area contributed by atoms with Crippen molar-refractivity contribution in [2.24, 2.45) is 11.3 Å². The van der Waals surface area contributed by atoms with E-state index in [1.165, 1.54) is 0 Å². The largest absolute Gasteiger partial charge is 1.00 e. The Balaban J connectivity index is -0.000000845. The Labute approximate surface area is 182 Å². The average molecular weight is 278 g/mol. The summed E-state index contributed by atoms with van der Waals surface area (Å²) in [7, 11) is 0. The first-order chi connectivity index (χ1) is 6.43. The summed E-state index contributed by atoms with van der Waals surface area (Å²) in [4.78, 5) is 21.8. The molecule has 0 aliphatic carbocycles. The molecule has 0 saturated heterocycles. The topological polar surface area (TPSA) is 80.3 Å². The minimum atomic E-state index is -1.83. The summed E-state index contributed by atoms with van der Waals surface area (Å²) < 4.78 is 0. The molecule has 0 aromatic carbocycles. The number of carbonyl (C=O) groups is 2. The molecule has 6 heteroatoms. The van der Waals surface area contributed by atoms with Crippen LogP contribution in [0.25, 0.3) is 0 Å². The van der Waals surface area contributed by atoms with Crippen molar-refractivity contribution in [1.29, 1.82) is 0 Å². The number of rotatable bonds is 6. The number of hydrogen-bond acceptors (Lipinski definition) is 4. The van der Waals surface area contributed by atoms with Crippen molar-refractivity contribution in [3.63, 3.8) is 0 Å². The second-order valence-corrected chi connectivity index (χ2v) is 3.61. The normalized spacial score (nSPS) is 11.9. The molecular weight excluding hydrogens is 262 g/mol. The van der Waals surface area contributed by atoms with Crippen molar-refractivity contribution in [3.05, 3.63) is 0 Å². The standard InChI is InChI=1S/C10H18O4.2K/c1-4-6-10(8(11)12,9(13)14)7(3)5-2;;/h7H,4-6H2,1-3H3,(H,11,12)(H,13,14);;/q;2*+1/p-2. The monoisotopic (exact) mass is 278 g/mol. The third kappa shape index (κ3) is 5.46. The Morgan fingerprint density at radius 3 is 1.69 bits per heavy atom. The first-order valence-electron chi connectivity index (χ1n) is 4.86. The van der Waals surface area contributed by atoms with Crippen molar-refractivity contribution < 1.29 is 123 Å². The van der Waals surface area contributed by atoms with Gasteiger partial charge in [-0.3, -0.25) is 0 Å². The first kappa shape index (κ1) is 23.3. The van der Waals surface area contributed by atoms with Gasteiger partial charge in [0.2, 0.25) is 0 Å². The molecule has 82 valence electrons. The molecule has 0 amide bonds. The number of carboxylic acids is 2. The van der Waals surface area contributed by atoms with E-state index in [0.29, 0.717) is 12.8 Å². The van der Waals surface area contributed by atoms with Crippen LogP contribution >= 0.6 is 0 Å². The van der Waals surface area contributed by atoms with Crippen molar-refractivity contribution in [2.75, 3.05) is 0 Å². The molecule has 0 heterocycles. The number of hydrogen-bond donors (Lipinski definition) is 0. The molecule has 0 aliphatic rings. The van der Waals surface area contributed by atoms with Crippen molar-refractivity contribution in [3.8, 4) is 0 Å². The van der Waals surface area contributed by atoms with E-state index in [4.69, 9.17) is 0 Å². The second kappa shape index (κ2) is 11.1. The molecule has 0 aliphatic heterocycles. The number of aliphatic carboxylic acids is 2. The van der Waals surface area contributed by atoms with Gasteiger partial charge in [-0.15, -0.1) is 0 Å². The van der Waals surface area contributed by atoms with Crippen LogP contribution in [0.1, 0.15) is 40.0 Å². The predicted molar refractivity (Wildman–Crippen MR) is 46.8 cm³/mol. The van der Waals surface area contributed by atoms with E-state index in [9.17, 15) is 19.8 Å². The van der Waals surface area contributed by atoms with Crippen LogP contribution in [0.4, 0.5) is 0 Å². The average Bonchev–Trinajstić information content (AvgIpc) is 2.11. The van der Waals surface area contributed by atoms with Gasteiger partial charge in [-0.25, -0.2) is 0 Å².